The highest BCUT2D eigenvalue weighted by atomic mass is 15.1. The molecule has 2 atom stereocenters. The number of fused-ring (bicyclic) bond motifs is 2. The number of hydrogen-bond acceptors (Lipinski definition) is 1. The highest BCUT2D eigenvalue weighted by Gasteiger charge is 2.41. The molecule has 2 aliphatic rings. The van der Waals surface area contributed by atoms with E-state index >= 15 is 0 Å². The molecular formula is C22H26N. The van der Waals surface area contributed by atoms with Gasteiger partial charge in [0.2, 0.25) is 0 Å². The van der Waals surface area contributed by atoms with Crippen LogP contribution in [-0.4, -0.2) is 18.0 Å². The summed E-state index contributed by atoms with van der Waals surface area (Å²) in [7, 11) is 0. The van der Waals surface area contributed by atoms with Crippen molar-refractivity contribution in [3.05, 3.63) is 78.2 Å². The zero-order chi connectivity index (χ0) is 15.5. The van der Waals surface area contributed by atoms with Crippen LogP contribution < -0.4 is 0 Å². The predicted octanol–water partition coefficient (Wildman–Crippen LogP) is 4.79. The predicted molar refractivity (Wildman–Crippen MR) is 95.9 cm³/mol. The lowest BCUT2D eigenvalue weighted by atomic mass is 9.81. The molecule has 4 rings (SSSR count). The summed E-state index contributed by atoms with van der Waals surface area (Å²) in [6.45, 7) is 3.71. The van der Waals surface area contributed by atoms with E-state index in [1.165, 1.54) is 43.5 Å². The van der Waals surface area contributed by atoms with Gasteiger partial charge in [0.15, 0.2) is 0 Å². The van der Waals surface area contributed by atoms with Gasteiger partial charge in [-0.15, -0.1) is 0 Å². The van der Waals surface area contributed by atoms with Crippen LogP contribution in [0, 0.1) is 24.2 Å². The summed E-state index contributed by atoms with van der Waals surface area (Å²) in [5.74, 6) is 2.71. The molecule has 2 unspecified atom stereocenters. The van der Waals surface area contributed by atoms with E-state index in [4.69, 9.17) is 0 Å². The Hall–Kier alpha value is -1.60. The maximum Gasteiger partial charge on any atom is 0.0233 e. The molecule has 1 aliphatic heterocycles. The molecule has 23 heavy (non-hydrogen) atoms. The minimum absolute atomic E-state index is 0.900. The third-order valence-corrected chi connectivity index (χ3v) is 5.78. The lowest BCUT2D eigenvalue weighted by Gasteiger charge is -2.38. The van der Waals surface area contributed by atoms with Crippen molar-refractivity contribution in [2.45, 2.75) is 25.8 Å². The van der Waals surface area contributed by atoms with E-state index in [0.717, 1.165) is 24.3 Å². The fourth-order valence-corrected chi connectivity index (χ4v) is 4.65. The Morgan fingerprint density at radius 2 is 1.43 bits per heavy atom. The molecule has 1 aliphatic carbocycles. The molecule has 1 heterocycles. The minimum atomic E-state index is 0.900. The fourth-order valence-electron chi connectivity index (χ4n) is 4.65. The first kappa shape index (κ1) is 15.0. The average molecular weight is 304 g/mol. The molecule has 1 saturated heterocycles. The quantitative estimate of drug-likeness (QED) is 0.768. The molecule has 1 saturated carbocycles. The van der Waals surface area contributed by atoms with E-state index in [1.807, 2.05) is 0 Å². The Balaban J connectivity index is 1.34. The van der Waals surface area contributed by atoms with Gasteiger partial charge in [-0.25, -0.2) is 0 Å². The highest BCUT2D eigenvalue weighted by Crippen LogP contribution is 2.44. The largest absolute Gasteiger partial charge is 0.299 e. The molecule has 2 aromatic rings. The Labute approximate surface area is 140 Å². The molecular weight excluding hydrogens is 278 g/mol. The number of nitrogens with zero attached hydrogens (tertiary/aromatic N) is 1. The van der Waals surface area contributed by atoms with Gasteiger partial charge in [0, 0.05) is 19.6 Å². The van der Waals surface area contributed by atoms with Gasteiger partial charge < -0.3 is 0 Å². The Bertz CT molecular complexity index is 592. The number of hydrogen-bond donors (Lipinski definition) is 0. The third-order valence-electron chi connectivity index (χ3n) is 5.78. The maximum absolute atomic E-state index is 2.69. The van der Waals surface area contributed by atoms with Gasteiger partial charge in [-0.2, -0.15) is 0 Å². The van der Waals surface area contributed by atoms with Crippen molar-refractivity contribution in [2.75, 3.05) is 13.1 Å². The smallest absolute Gasteiger partial charge is 0.0233 e. The van der Waals surface area contributed by atoms with Crippen LogP contribution in [0.25, 0.3) is 0 Å². The zero-order valence-electron chi connectivity index (χ0n) is 13.8. The van der Waals surface area contributed by atoms with Gasteiger partial charge in [-0.1, -0.05) is 60.7 Å². The van der Waals surface area contributed by atoms with E-state index in [9.17, 15) is 0 Å². The average Bonchev–Trinajstić information content (AvgIpc) is 2.84. The number of likely N-dealkylation sites (tertiary alicyclic amines) is 1. The zero-order valence-corrected chi connectivity index (χ0v) is 13.8. The molecule has 1 heteroatoms. The Morgan fingerprint density at radius 1 is 0.826 bits per heavy atom. The van der Waals surface area contributed by atoms with Crippen LogP contribution >= 0.6 is 0 Å². The van der Waals surface area contributed by atoms with Gasteiger partial charge in [-0.3, -0.25) is 4.90 Å². The van der Waals surface area contributed by atoms with Crippen LogP contribution in [-0.2, 0) is 6.54 Å². The van der Waals surface area contributed by atoms with Crippen molar-refractivity contribution in [3.8, 4) is 0 Å². The summed E-state index contributed by atoms with van der Waals surface area (Å²) in [4.78, 5) is 2.69. The topological polar surface area (TPSA) is 3.24 Å². The van der Waals surface area contributed by atoms with Crippen LogP contribution in [0.2, 0.25) is 0 Å². The van der Waals surface area contributed by atoms with E-state index in [-0.39, 0.29) is 0 Å². The normalized spacial score (nSPS) is 27.2. The minimum Gasteiger partial charge on any atom is -0.299 e. The monoisotopic (exact) mass is 304 g/mol. The first-order chi connectivity index (χ1) is 11.4. The van der Waals surface area contributed by atoms with Gasteiger partial charge >= 0.3 is 0 Å². The van der Waals surface area contributed by atoms with E-state index < -0.39 is 0 Å². The molecule has 2 bridgehead atoms. The summed E-state index contributed by atoms with van der Waals surface area (Å²) in [6.07, 6.45) is 6.59. The van der Waals surface area contributed by atoms with Crippen molar-refractivity contribution >= 4 is 0 Å². The molecule has 0 N–H and O–H groups in total. The van der Waals surface area contributed by atoms with Crippen LogP contribution in [0.1, 0.15) is 30.4 Å². The molecule has 0 amide bonds. The van der Waals surface area contributed by atoms with Crippen LogP contribution in [0.5, 0.6) is 0 Å². The van der Waals surface area contributed by atoms with Crippen molar-refractivity contribution in [2.24, 2.45) is 17.8 Å². The van der Waals surface area contributed by atoms with Crippen molar-refractivity contribution < 1.29 is 0 Å². The first-order valence-electron chi connectivity index (χ1n) is 9.03. The third kappa shape index (κ3) is 3.50. The molecule has 1 nitrogen and oxygen atoms in total. The molecule has 119 valence electrons. The van der Waals surface area contributed by atoms with E-state index in [2.05, 4.69) is 72.0 Å². The Kier molecular flexibility index (Phi) is 4.48. The van der Waals surface area contributed by atoms with Gasteiger partial charge in [0.25, 0.3) is 0 Å². The SMILES string of the molecule is [CH](CC1C2CCC1CN(Cc1ccccc1)C2)c1ccccc1. The van der Waals surface area contributed by atoms with Crippen molar-refractivity contribution in [3.63, 3.8) is 0 Å². The summed E-state index contributed by atoms with van der Waals surface area (Å²) in [5.41, 5.74) is 2.85. The van der Waals surface area contributed by atoms with E-state index in [1.54, 1.807) is 0 Å². The number of piperidine rings is 1. The fraction of sp³-hybridized carbons (Fsp3) is 0.409. The Morgan fingerprint density at radius 3 is 2.09 bits per heavy atom. The summed E-state index contributed by atoms with van der Waals surface area (Å²) >= 11 is 0. The summed E-state index contributed by atoms with van der Waals surface area (Å²) < 4.78 is 0. The van der Waals surface area contributed by atoms with Crippen LogP contribution in [0.15, 0.2) is 60.7 Å². The number of rotatable bonds is 5. The van der Waals surface area contributed by atoms with Crippen molar-refractivity contribution in [1.29, 1.82) is 0 Å². The van der Waals surface area contributed by atoms with Crippen molar-refractivity contribution in [1.82, 2.24) is 4.90 Å². The summed E-state index contributed by atoms with van der Waals surface area (Å²) in [5, 5.41) is 0. The molecule has 1 radical (unpaired) electrons. The number of benzene rings is 2. The van der Waals surface area contributed by atoms with Gasteiger partial charge in [-0.05, 0) is 54.6 Å². The molecule has 2 fully saturated rings. The van der Waals surface area contributed by atoms with E-state index in [0.29, 0.717) is 0 Å². The van der Waals surface area contributed by atoms with Crippen LogP contribution in [0.4, 0.5) is 0 Å². The summed E-state index contributed by atoms with van der Waals surface area (Å²) in [6, 6.07) is 21.8. The second-order valence-electron chi connectivity index (χ2n) is 7.29. The molecule has 0 spiro atoms. The van der Waals surface area contributed by atoms with Gasteiger partial charge in [0.05, 0.1) is 0 Å². The maximum atomic E-state index is 2.69. The molecule has 0 aromatic heterocycles. The lowest BCUT2D eigenvalue weighted by Crippen LogP contribution is -2.41. The molecule has 2 aromatic carbocycles. The second kappa shape index (κ2) is 6.88. The highest BCUT2D eigenvalue weighted by molar-refractivity contribution is 5.22. The van der Waals surface area contributed by atoms with Crippen LogP contribution in [0.3, 0.4) is 0 Å². The second-order valence-corrected chi connectivity index (χ2v) is 7.29. The lowest BCUT2D eigenvalue weighted by molar-refractivity contribution is 0.103. The first-order valence-corrected chi connectivity index (χ1v) is 9.03. The van der Waals surface area contributed by atoms with Gasteiger partial charge in [0.1, 0.15) is 0 Å². The standard InChI is InChI=1S/C22H26N/c1-3-7-18(8-4-1)11-14-22-20-12-13-21(22)17-23(16-20)15-19-9-5-2-6-10-19/h1-11,20-22H,12-17H2.